The van der Waals surface area contributed by atoms with Crippen molar-refractivity contribution in [2.75, 3.05) is 19.6 Å². The normalized spacial score (nSPS) is 19.0. The van der Waals surface area contributed by atoms with Gasteiger partial charge in [0.1, 0.15) is 0 Å². The summed E-state index contributed by atoms with van der Waals surface area (Å²) in [5, 5.41) is 3.04. The zero-order valence-corrected chi connectivity index (χ0v) is 9.36. The fourth-order valence-corrected chi connectivity index (χ4v) is 1.33. The molecule has 3 rings (SSSR count). The van der Waals surface area contributed by atoms with Crippen LogP contribution < -0.4 is 5.32 Å². The van der Waals surface area contributed by atoms with Crippen molar-refractivity contribution >= 4 is 12.4 Å². The Labute approximate surface area is 99.8 Å². The summed E-state index contributed by atoms with van der Waals surface area (Å²) in [5.41, 5.74) is 0. The fraction of sp³-hybridized carbons (Fsp3) is 0.692. The maximum Gasteiger partial charge on any atom is 0.0388 e. The van der Waals surface area contributed by atoms with Crippen LogP contribution in [0.1, 0.15) is 39.5 Å². The van der Waals surface area contributed by atoms with E-state index in [1.807, 2.05) is 18.6 Å². The van der Waals surface area contributed by atoms with Gasteiger partial charge in [0.05, 0.1) is 0 Å². The SMILES string of the molecule is C.C1=CNCC1.C1=NCCC1.C1=NCCC1. The van der Waals surface area contributed by atoms with E-state index in [9.17, 15) is 0 Å². The maximum atomic E-state index is 3.96. The molecule has 0 fully saturated rings. The molecule has 92 valence electrons. The van der Waals surface area contributed by atoms with Gasteiger partial charge in [-0.1, -0.05) is 13.5 Å². The van der Waals surface area contributed by atoms with Crippen molar-refractivity contribution in [1.82, 2.24) is 5.32 Å². The summed E-state index contributed by atoms with van der Waals surface area (Å²) in [6.45, 7) is 3.28. The van der Waals surface area contributed by atoms with Crippen LogP contribution in [0.5, 0.6) is 0 Å². The summed E-state index contributed by atoms with van der Waals surface area (Å²) < 4.78 is 0. The second-order valence-electron chi connectivity index (χ2n) is 3.61. The second-order valence-corrected chi connectivity index (χ2v) is 3.61. The van der Waals surface area contributed by atoms with Gasteiger partial charge in [-0.3, -0.25) is 9.98 Å². The number of rotatable bonds is 0. The Morgan fingerprint density at radius 3 is 1.62 bits per heavy atom. The van der Waals surface area contributed by atoms with Crippen molar-refractivity contribution in [3.05, 3.63) is 12.3 Å². The average Bonchev–Trinajstić information content (AvgIpc) is 3.09. The first kappa shape index (κ1) is 14.9. The van der Waals surface area contributed by atoms with E-state index in [0.29, 0.717) is 0 Å². The molecule has 0 amide bonds. The van der Waals surface area contributed by atoms with E-state index in [2.05, 4.69) is 21.4 Å². The van der Waals surface area contributed by atoms with Crippen molar-refractivity contribution < 1.29 is 0 Å². The monoisotopic (exact) mass is 223 g/mol. The van der Waals surface area contributed by atoms with E-state index in [-0.39, 0.29) is 7.43 Å². The molecule has 0 aliphatic carbocycles. The van der Waals surface area contributed by atoms with Gasteiger partial charge >= 0.3 is 0 Å². The van der Waals surface area contributed by atoms with Crippen molar-refractivity contribution in [1.29, 1.82) is 0 Å². The van der Waals surface area contributed by atoms with Crippen LogP contribution in [0.2, 0.25) is 0 Å². The van der Waals surface area contributed by atoms with Crippen LogP contribution >= 0.6 is 0 Å². The standard InChI is InChI=1S/3C4H7N.CH4/c3*1-2-4-5-3-1;/h2*3H,1-2,4H2;1,3,5H,2,4H2;1H4. The molecule has 3 nitrogen and oxygen atoms in total. The molecule has 3 heteroatoms. The Bertz CT molecular complexity index is 163. The molecule has 3 heterocycles. The minimum atomic E-state index is 0. The highest BCUT2D eigenvalue weighted by molar-refractivity contribution is 5.59. The molecule has 0 spiro atoms. The lowest BCUT2D eigenvalue weighted by Crippen LogP contribution is -1.96. The van der Waals surface area contributed by atoms with Gasteiger partial charge in [-0.05, 0) is 50.7 Å². The van der Waals surface area contributed by atoms with Gasteiger partial charge in [0.25, 0.3) is 0 Å². The van der Waals surface area contributed by atoms with Crippen molar-refractivity contribution in [2.24, 2.45) is 9.98 Å². The molecule has 0 aromatic rings. The molecule has 0 saturated heterocycles. The molecule has 0 bridgehead atoms. The Hall–Kier alpha value is -1.12. The first-order chi connectivity index (χ1) is 7.50. The van der Waals surface area contributed by atoms with E-state index in [4.69, 9.17) is 0 Å². The molecular formula is C13H25N3. The highest BCUT2D eigenvalue weighted by atomic mass is 14.8. The lowest BCUT2D eigenvalue weighted by molar-refractivity contribution is 0.917. The summed E-state index contributed by atoms with van der Waals surface area (Å²) in [6, 6.07) is 0. The summed E-state index contributed by atoms with van der Waals surface area (Å²) in [4.78, 5) is 7.92. The van der Waals surface area contributed by atoms with Crippen LogP contribution in [0, 0.1) is 0 Å². The minimum absolute atomic E-state index is 0. The van der Waals surface area contributed by atoms with Gasteiger partial charge in [0, 0.05) is 19.6 Å². The van der Waals surface area contributed by atoms with E-state index < -0.39 is 0 Å². The summed E-state index contributed by atoms with van der Waals surface area (Å²) in [5.74, 6) is 0. The van der Waals surface area contributed by atoms with E-state index in [1.165, 1.54) is 32.1 Å². The van der Waals surface area contributed by atoms with Gasteiger partial charge in [0.15, 0.2) is 0 Å². The molecule has 16 heavy (non-hydrogen) atoms. The molecule has 0 aromatic heterocycles. The summed E-state index contributed by atoms with van der Waals surface area (Å²) in [7, 11) is 0. The van der Waals surface area contributed by atoms with Crippen molar-refractivity contribution in [3.8, 4) is 0 Å². The van der Waals surface area contributed by atoms with Crippen molar-refractivity contribution in [2.45, 2.75) is 39.5 Å². The zero-order chi connectivity index (χ0) is 10.6. The van der Waals surface area contributed by atoms with Gasteiger partial charge in [-0.15, -0.1) is 0 Å². The quantitative estimate of drug-likeness (QED) is 0.673. The number of nitrogens with zero attached hydrogens (tertiary/aromatic N) is 2. The van der Waals surface area contributed by atoms with Gasteiger partial charge < -0.3 is 5.32 Å². The van der Waals surface area contributed by atoms with Crippen LogP contribution in [0.15, 0.2) is 22.3 Å². The van der Waals surface area contributed by atoms with Crippen LogP contribution in [-0.4, -0.2) is 32.1 Å². The van der Waals surface area contributed by atoms with E-state index >= 15 is 0 Å². The Balaban J connectivity index is 0.000000205. The van der Waals surface area contributed by atoms with Gasteiger partial charge in [-0.25, -0.2) is 0 Å². The lowest BCUT2D eigenvalue weighted by atomic mass is 10.4. The van der Waals surface area contributed by atoms with Crippen molar-refractivity contribution in [3.63, 3.8) is 0 Å². The topological polar surface area (TPSA) is 36.8 Å². The maximum absolute atomic E-state index is 3.96. The average molecular weight is 223 g/mol. The number of hydrogen-bond acceptors (Lipinski definition) is 3. The third-order valence-electron chi connectivity index (χ3n) is 2.19. The predicted molar refractivity (Wildman–Crippen MR) is 73.7 cm³/mol. The molecule has 0 saturated carbocycles. The molecule has 3 aliphatic rings. The van der Waals surface area contributed by atoms with Gasteiger partial charge in [0.2, 0.25) is 0 Å². The van der Waals surface area contributed by atoms with Gasteiger partial charge in [-0.2, -0.15) is 0 Å². The minimum Gasteiger partial charge on any atom is -0.391 e. The first-order valence-corrected chi connectivity index (χ1v) is 5.85. The fourth-order valence-electron chi connectivity index (χ4n) is 1.33. The molecule has 0 atom stereocenters. The third-order valence-corrected chi connectivity index (χ3v) is 2.19. The van der Waals surface area contributed by atoms with Crippen LogP contribution in [0.25, 0.3) is 0 Å². The predicted octanol–water partition coefficient (Wildman–Crippen LogP) is 2.83. The smallest absolute Gasteiger partial charge is 0.0388 e. The molecule has 0 aromatic carbocycles. The number of hydrogen-bond donors (Lipinski definition) is 1. The Morgan fingerprint density at radius 2 is 1.50 bits per heavy atom. The molecule has 1 N–H and O–H groups in total. The number of aliphatic imine (C=N–C) groups is 2. The Kier molecular flexibility index (Phi) is 11.1. The third kappa shape index (κ3) is 9.44. The van der Waals surface area contributed by atoms with Crippen LogP contribution in [0.4, 0.5) is 0 Å². The van der Waals surface area contributed by atoms with E-state index in [1.54, 1.807) is 0 Å². The highest BCUT2D eigenvalue weighted by Crippen LogP contribution is 1.92. The molecular weight excluding hydrogens is 198 g/mol. The highest BCUT2D eigenvalue weighted by Gasteiger charge is 1.86. The summed E-state index contributed by atoms with van der Waals surface area (Å²) in [6.07, 6.45) is 14.3. The van der Waals surface area contributed by atoms with Crippen LogP contribution in [-0.2, 0) is 0 Å². The molecule has 0 unspecified atom stereocenters. The lowest BCUT2D eigenvalue weighted by Gasteiger charge is -1.78. The van der Waals surface area contributed by atoms with Crippen LogP contribution in [0.3, 0.4) is 0 Å². The largest absolute Gasteiger partial charge is 0.391 e. The Morgan fingerprint density at radius 1 is 0.875 bits per heavy atom. The first-order valence-electron chi connectivity index (χ1n) is 5.85. The zero-order valence-electron chi connectivity index (χ0n) is 9.36. The molecule has 3 aliphatic heterocycles. The molecule has 0 radical (unpaired) electrons. The summed E-state index contributed by atoms with van der Waals surface area (Å²) >= 11 is 0. The second kappa shape index (κ2) is 12.0. The van der Waals surface area contributed by atoms with E-state index in [0.717, 1.165) is 19.6 Å². The number of nitrogens with one attached hydrogen (secondary N) is 1.